The number of nitrogens with one attached hydrogen (secondary N) is 2. The zero-order chi connectivity index (χ0) is 24.2. The van der Waals surface area contributed by atoms with Crippen molar-refractivity contribution >= 4 is 51.2 Å². The molecule has 6 rings (SSSR count). The number of anilines is 7. The van der Waals surface area contributed by atoms with Gasteiger partial charge >= 0.3 is 0 Å². The molecule has 0 saturated heterocycles. The van der Waals surface area contributed by atoms with Crippen molar-refractivity contribution in [2.45, 2.75) is 0 Å². The van der Waals surface area contributed by atoms with Gasteiger partial charge < -0.3 is 15.5 Å². The summed E-state index contributed by atoms with van der Waals surface area (Å²) in [7, 11) is 0. The zero-order valence-electron chi connectivity index (χ0n) is 19.1. The lowest BCUT2D eigenvalue weighted by atomic mass is 10.0. The Hall–Kier alpha value is -4.90. The fourth-order valence-electron chi connectivity index (χ4n) is 4.18. The molecule has 0 spiro atoms. The van der Waals surface area contributed by atoms with Crippen LogP contribution in [0.25, 0.3) is 0 Å². The molecule has 0 saturated carbocycles. The van der Waals surface area contributed by atoms with Crippen LogP contribution < -0.4 is 15.5 Å². The molecule has 0 aromatic heterocycles. The molecule has 170 valence electrons. The van der Waals surface area contributed by atoms with Gasteiger partial charge in [0.25, 0.3) is 0 Å². The Morgan fingerprint density at radius 3 is 1.23 bits per heavy atom. The van der Waals surface area contributed by atoms with Gasteiger partial charge in [-0.25, -0.2) is 0 Å². The Balaban J connectivity index is 0.000000271. The summed E-state index contributed by atoms with van der Waals surface area (Å²) in [6.07, 6.45) is 6.70. The first-order chi connectivity index (χ1) is 17.1. The number of nitrogens with zero attached hydrogens (tertiary/aromatic N) is 2. The van der Waals surface area contributed by atoms with E-state index in [9.17, 15) is 0 Å². The standard InChI is InChI=1S/C24H19N3.C6H6N2/c25-18-14-16-20(17-15-18)27-23-12-6-4-10-21(23)26(19-8-2-1-3-9-19)22-11-5-7-13-24(22)27;7-5-3-1-2-4-6(5)8/h1-17H,25H2;1-4,7-8H. The maximum absolute atomic E-state index is 7.03. The molecule has 1 heterocycles. The molecule has 5 heteroatoms. The maximum atomic E-state index is 7.03. The summed E-state index contributed by atoms with van der Waals surface area (Å²) >= 11 is 0. The normalized spacial score (nSPS) is 13.6. The van der Waals surface area contributed by atoms with E-state index in [1.165, 1.54) is 0 Å². The molecule has 35 heavy (non-hydrogen) atoms. The number of hydrogen-bond acceptors (Lipinski definition) is 5. The fraction of sp³-hybridized carbons (Fsp3) is 0. The van der Waals surface area contributed by atoms with Gasteiger partial charge in [0.15, 0.2) is 0 Å². The molecule has 0 amide bonds. The Kier molecular flexibility index (Phi) is 5.97. The van der Waals surface area contributed by atoms with E-state index < -0.39 is 0 Å². The fourth-order valence-corrected chi connectivity index (χ4v) is 4.18. The second-order valence-corrected chi connectivity index (χ2v) is 8.12. The van der Waals surface area contributed by atoms with E-state index in [4.69, 9.17) is 16.6 Å². The minimum absolute atomic E-state index is 0.285. The molecule has 0 atom stereocenters. The third-order valence-electron chi connectivity index (χ3n) is 5.82. The molecule has 0 radical (unpaired) electrons. The highest BCUT2D eigenvalue weighted by molar-refractivity contribution is 6.48. The predicted molar refractivity (Wildman–Crippen MR) is 148 cm³/mol. The van der Waals surface area contributed by atoms with Crippen molar-refractivity contribution in [3.05, 3.63) is 127 Å². The number of nitrogens with two attached hydrogens (primary N) is 1. The molecule has 4 N–H and O–H groups in total. The van der Waals surface area contributed by atoms with E-state index >= 15 is 0 Å². The van der Waals surface area contributed by atoms with Gasteiger partial charge in [-0.05, 0) is 72.8 Å². The minimum atomic E-state index is 0.285. The van der Waals surface area contributed by atoms with Crippen LogP contribution in [0.4, 0.5) is 39.8 Å². The third-order valence-corrected chi connectivity index (χ3v) is 5.82. The summed E-state index contributed by atoms with van der Waals surface area (Å²) in [5.41, 5.74) is 14.1. The molecule has 4 aromatic carbocycles. The average molecular weight is 456 g/mol. The van der Waals surface area contributed by atoms with Crippen LogP contribution in [0.2, 0.25) is 0 Å². The molecule has 1 aliphatic heterocycles. The first-order valence-corrected chi connectivity index (χ1v) is 11.3. The van der Waals surface area contributed by atoms with Crippen LogP contribution in [0, 0.1) is 10.8 Å². The van der Waals surface area contributed by atoms with Gasteiger partial charge in [0.1, 0.15) is 0 Å². The van der Waals surface area contributed by atoms with Crippen molar-refractivity contribution in [1.29, 1.82) is 10.8 Å². The van der Waals surface area contributed by atoms with Crippen LogP contribution >= 0.6 is 0 Å². The van der Waals surface area contributed by atoms with Gasteiger partial charge in [0.05, 0.1) is 34.2 Å². The van der Waals surface area contributed by atoms with Crippen molar-refractivity contribution in [3.8, 4) is 0 Å². The van der Waals surface area contributed by atoms with Crippen LogP contribution in [0.5, 0.6) is 0 Å². The lowest BCUT2D eigenvalue weighted by Gasteiger charge is -2.40. The Morgan fingerprint density at radius 1 is 0.457 bits per heavy atom. The third kappa shape index (κ3) is 4.35. The van der Waals surface area contributed by atoms with Gasteiger partial charge in [-0.15, -0.1) is 0 Å². The highest BCUT2D eigenvalue weighted by Gasteiger charge is 2.29. The van der Waals surface area contributed by atoms with Crippen molar-refractivity contribution in [2.24, 2.45) is 0 Å². The second-order valence-electron chi connectivity index (χ2n) is 8.12. The van der Waals surface area contributed by atoms with E-state index in [2.05, 4.69) is 94.7 Å². The first kappa shape index (κ1) is 21.9. The Morgan fingerprint density at radius 2 is 0.829 bits per heavy atom. The second kappa shape index (κ2) is 9.53. The summed E-state index contributed by atoms with van der Waals surface area (Å²) in [4.78, 5) is 4.61. The summed E-state index contributed by atoms with van der Waals surface area (Å²) in [6, 6.07) is 35.5. The number of allylic oxidation sites excluding steroid dienone is 4. The Labute approximate surface area is 205 Å². The van der Waals surface area contributed by atoms with Gasteiger partial charge in [0, 0.05) is 17.1 Å². The van der Waals surface area contributed by atoms with Gasteiger partial charge in [0.2, 0.25) is 0 Å². The largest absolute Gasteiger partial charge is 0.399 e. The molecule has 1 aliphatic carbocycles. The topological polar surface area (TPSA) is 80.2 Å². The summed E-state index contributed by atoms with van der Waals surface area (Å²) in [5, 5.41) is 14.1. The summed E-state index contributed by atoms with van der Waals surface area (Å²) in [5.74, 6) is 0. The monoisotopic (exact) mass is 455 g/mol. The van der Waals surface area contributed by atoms with Crippen LogP contribution in [-0.2, 0) is 0 Å². The van der Waals surface area contributed by atoms with Crippen LogP contribution in [0.15, 0.2) is 127 Å². The molecular formula is C30H25N5. The Bertz CT molecular complexity index is 1370. The lowest BCUT2D eigenvalue weighted by molar-refractivity contribution is 1.17. The van der Waals surface area contributed by atoms with Crippen molar-refractivity contribution in [1.82, 2.24) is 0 Å². The smallest absolute Gasteiger partial charge is 0.0789 e. The van der Waals surface area contributed by atoms with Crippen LogP contribution in [-0.4, -0.2) is 11.4 Å². The average Bonchev–Trinajstić information content (AvgIpc) is 2.90. The molecule has 0 unspecified atom stereocenters. The SMILES string of the molecule is N=C1C=CC=CC1=N.Nc1ccc(N2c3ccccc3N(c3ccccc3)c3ccccc32)cc1. The van der Waals surface area contributed by atoms with Crippen LogP contribution in [0.3, 0.4) is 0 Å². The summed E-state index contributed by atoms with van der Waals surface area (Å²) in [6.45, 7) is 0. The van der Waals surface area contributed by atoms with Gasteiger partial charge in [-0.3, -0.25) is 10.8 Å². The molecule has 4 aromatic rings. The van der Waals surface area contributed by atoms with E-state index in [0.717, 1.165) is 39.8 Å². The van der Waals surface area contributed by atoms with E-state index in [1.54, 1.807) is 24.3 Å². The highest BCUT2D eigenvalue weighted by atomic mass is 15.3. The van der Waals surface area contributed by atoms with Gasteiger partial charge in [-0.1, -0.05) is 54.6 Å². The summed E-state index contributed by atoms with van der Waals surface area (Å²) < 4.78 is 0. The van der Waals surface area contributed by atoms with Crippen molar-refractivity contribution in [3.63, 3.8) is 0 Å². The van der Waals surface area contributed by atoms with E-state index in [0.29, 0.717) is 0 Å². The van der Waals surface area contributed by atoms with Gasteiger partial charge in [-0.2, -0.15) is 0 Å². The van der Waals surface area contributed by atoms with Crippen LogP contribution in [0.1, 0.15) is 0 Å². The zero-order valence-corrected chi connectivity index (χ0v) is 19.1. The predicted octanol–water partition coefficient (Wildman–Crippen LogP) is 7.67. The molecule has 0 fully saturated rings. The molecule has 2 aliphatic rings. The highest BCUT2D eigenvalue weighted by Crippen LogP contribution is 2.53. The van der Waals surface area contributed by atoms with Crippen molar-refractivity contribution < 1.29 is 0 Å². The number of para-hydroxylation sites is 5. The number of fused-ring (bicyclic) bond motifs is 2. The lowest BCUT2D eigenvalue weighted by Crippen LogP contribution is -2.23. The van der Waals surface area contributed by atoms with E-state index in [1.807, 2.05) is 18.2 Å². The minimum Gasteiger partial charge on any atom is -0.399 e. The first-order valence-electron chi connectivity index (χ1n) is 11.3. The molecule has 0 bridgehead atoms. The van der Waals surface area contributed by atoms with Crippen molar-refractivity contribution in [2.75, 3.05) is 15.5 Å². The number of rotatable bonds is 2. The maximum Gasteiger partial charge on any atom is 0.0789 e. The van der Waals surface area contributed by atoms with E-state index in [-0.39, 0.29) is 11.4 Å². The number of nitrogen functional groups attached to an aromatic ring is 1. The number of benzene rings is 4. The molecule has 5 nitrogen and oxygen atoms in total. The number of hydrogen-bond donors (Lipinski definition) is 3. The molecular weight excluding hydrogens is 430 g/mol. The quantitative estimate of drug-likeness (QED) is 0.189.